The van der Waals surface area contributed by atoms with Gasteiger partial charge in [0.15, 0.2) is 0 Å². The Kier molecular flexibility index (Phi) is 1.78. The third-order valence-electron chi connectivity index (χ3n) is 1.14. The van der Waals surface area contributed by atoms with E-state index in [9.17, 15) is 4.79 Å². The highest BCUT2D eigenvalue weighted by Gasteiger charge is 2.18. The Morgan fingerprint density at radius 2 is 2.50 bits per heavy atom. The predicted molar refractivity (Wildman–Crippen MR) is 33.0 cm³/mol. The highest BCUT2D eigenvalue weighted by Crippen LogP contribution is 2.12. The number of cyclic esters (lactones) is 1. The summed E-state index contributed by atoms with van der Waals surface area (Å²) in [5.74, 6) is -0.167. The largest absolute Gasteiger partial charge is 0.465 e. The molecule has 0 aliphatic carbocycles. The first-order chi connectivity index (χ1) is 3.80. The maximum absolute atomic E-state index is 10.5. The number of carbonyl (C=O) groups excluding carboxylic acids is 1. The molecule has 1 aliphatic heterocycles. The van der Waals surface area contributed by atoms with Crippen LogP contribution in [0.1, 0.15) is 12.8 Å². The lowest BCUT2D eigenvalue weighted by atomic mass is 10.2. The van der Waals surface area contributed by atoms with Crippen LogP contribution in [0.5, 0.6) is 0 Å². The van der Waals surface area contributed by atoms with Crippen LogP contribution >= 0.6 is 12.6 Å². The van der Waals surface area contributed by atoms with Gasteiger partial charge in [-0.15, -0.1) is 0 Å². The molecule has 1 unspecified atom stereocenters. The molecule has 0 amide bonds. The predicted octanol–water partition coefficient (Wildman–Crippen LogP) is 0.622. The molecule has 0 N–H and O–H groups in total. The fourth-order valence-corrected chi connectivity index (χ4v) is 0.921. The second-order valence-corrected chi connectivity index (χ2v) is 2.45. The van der Waals surface area contributed by atoms with Gasteiger partial charge in [0.05, 0.1) is 11.9 Å². The van der Waals surface area contributed by atoms with Crippen LogP contribution in [-0.2, 0) is 9.53 Å². The minimum atomic E-state index is -0.167. The highest BCUT2D eigenvalue weighted by atomic mass is 32.1. The lowest BCUT2D eigenvalue weighted by Crippen LogP contribution is -2.24. The van der Waals surface area contributed by atoms with Gasteiger partial charge in [0.2, 0.25) is 0 Å². The van der Waals surface area contributed by atoms with E-state index in [2.05, 4.69) is 17.4 Å². The van der Waals surface area contributed by atoms with E-state index < -0.39 is 0 Å². The summed E-state index contributed by atoms with van der Waals surface area (Å²) in [5, 5.41) is -0.163. The average molecular weight is 132 g/mol. The number of hydrogen-bond donors (Lipinski definition) is 1. The Morgan fingerprint density at radius 3 is 2.88 bits per heavy atom. The molecule has 1 atom stereocenters. The van der Waals surface area contributed by atoms with Crippen LogP contribution in [0, 0.1) is 0 Å². The first-order valence-electron chi connectivity index (χ1n) is 2.65. The molecule has 0 aromatic rings. The van der Waals surface area contributed by atoms with Crippen LogP contribution in [-0.4, -0.2) is 17.8 Å². The Labute approximate surface area is 53.6 Å². The number of thiol groups is 1. The molecule has 0 bridgehead atoms. The number of hydrogen-bond acceptors (Lipinski definition) is 3. The second-order valence-electron chi connectivity index (χ2n) is 1.83. The summed E-state index contributed by atoms with van der Waals surface area (Å²) in [6.45, 7) is 0.579. The van der Waals surface area contributed by atoms with Crippen LogP contribution in [0.25, 0.3) is 0 Å². The maximum atomic E-state index is 10.5. The third kappa shape index (κ3) is 1.15. The van der Waals surface area contributed by atoms with Crippen molar-refractivity contribution in [2.45, 2.75) is 18.1 Å². The maximum Gasteiger partial charge on any atom is 0.318 e. The molecular weight excluding hydrogens is 124 g/mol. The van der Waals surface area contributed by atoms with Gasteiger partial charge in [-0.25, -0.2) is 0 Å². The summed E-state index contributed by atoms with van der Waals surface area (Å²) < 4.78 is 4.67. The number of rotatable bonds is 0. The first kappa shape index (κ1) is 5.95. The minimum Gasteiger partial charge on any atom is -0.465 e. The van der Waals surface area contributed by atoms with Crippen LogP contribution in [0.3, 0.4) is 0 Å². The molecular formula is C5H8O2S. The number of carbonyl (C=O) groups is 1. The molecule has 0 radical (unpaired) electrons. The Bertz CT molecular complexity index is 103. The van der Waals surface area contributed by atoms with Crippen LogP contribution in [0.2, 0.25) is 0 Å². The summed E-state index contributed by atoms with van der Waals surface area (Å²) in [6, 6.07) is 0. The van der Waals surface area contributed by atoms with E-state index in [0.29, 0.717) is 6.61 Å². The van der Waals surface area contributed by atoms with Crippen molar-refractivity contribution in [3.8, 4) is 0 Å². The van der Waals surface area contributed by atoms with Crippen molar-refractivity contribution in [1.82, 2.24) is 0 Å². The monoisotopic (exact) mass is 132 g/mol. The Balaban J connectivity index is 2.39. The van der Waals surface area contributed by atoms with Gasteiger partial charge in [0.1, 0.15) is 0 Å². The van der Waals surface area contributed by atoms with Crippen LogP contribution in [0.4, 0.5) is 0 Å². The normalized spacial score (nSPS) is 29.6. The SMILES string of the molecule is O=C1OCCCC1S. The van der Waals surface area contributed by atoms with E-state index in [1.54, 1.807) is 0 Å². The van der Waals surface area contributed by atoms with Crippen molar-refractivity contribution in [3.63, 3.8) is 0 Å². The number of esters is 1. The molecule has 1 heterocycles. The van der Waals surface area contributed by atoms with E-state index in [0.717, 1.165) is 12.8 Å². The second kappa shape index (κ2) is 2.40. The lowest BCUT2D eigenvalue weighted by molar-refractivity contribution is -0.145. The zero-order chi connectivity index (χ0) is 5.98. The molecule has 46 valence electrons. The molecule has 0 saturated carbocycles. The molecule has 3 heteroatoms. The highest BCUT2D eigenvalue weighted by molar-refractivity contribution is 7.81. The summed E-state index contributed by atoms with van der Waals surface area (Å²) >= 11 is 3.98. The third-order valence-corrected chi connectivity index (χ3v) is 1.61. The zero-order valence-corrected chi connectivity index (χ0v) is 5.36. The van der Waals surface area contributed by atoms with Crippen molar-refractivity contribution in [1.29, 1.82) is 0 Å². The summed E-state index contributed by atoms with van der Waals surface area (Å²) in [5.41, 5.74) is 0. The molecule has 1 aliphatic rings. The van der Waals surface area contributed by atoms with Gasteiger partial charge >= 0.3 is 5.97 Å². The fraction of sp³-hybridized carbons (Fsp3) is 0.800. The smallest absolute Gasteiger partial charge is 0.318 e. The van der Waals surface area contributed by atoms with Gasteiger partial charge in [0.25, 0.3) is 0 Å². The molecule has 0 aromatic carbocycles. The van der Waals surface area contributed by atoms with Crippen molar-refractivity contribution < 1.29 is 9.53 Å². The van der Waals surface area contributed by atoms with Gasteiger partial charge in [-0.2, -0.15) is 12.6 Å². The quantitative estimate of drug-likeness (QED) is 0.386. The molecule has 1 fully saturated rings. The first-order valence-corrected chi connectivity index (χ1v) is 3.17. The van der Waals surface area contributed by atoms with Gasteiger partial charge in [-0.1, -0.05) is 0 Å². The summed E-state index contributed by atoms with van der Waals surface area (Å²) in [6.07, 6.45) is 1.82. The van der Waals surface area contributed by atoms with E-state index in [4.69, 9.17) is 0 Å². The minimum absolute atomic E-state index is 0.163. The number of ether oxygens (including phenoxy) is 1. The molecule has 1 saturated heterocycles. The molecule has 2 nitrogen and oxygen atoms in total. The van der Waals surface area contributed by atoms with Crippen LogP contribution < -0.4 is 0 Å². The molecule has 8 heavy (non-hydrogen) atoms. The van der Waals surface area contributed by atoms with E-state index in [1.807, 2.05) is 0 Å². The molecule has 0 spiro atoms. The zero-order valence-electron chi connectivity index (χ0n) is 4.46. The van der Waals surface area contributed by atoms with Gasteiger partial charge in [-0.3, -0.25) is 4.79 Å². The molecule has 0 aromatic heterocycles. The van der Waals surface area contributed by atoms with E-state index in [1.165, 1.54) is 0 Å². The van der Waals surface area contributed by atoms with Crippen LogP contribution in [0.15, 0.2) is 0 Å². The van der Waals surface area contributed by atoms with Crippen molar-refractivity contribution in [2.24, 2.45) is 0 Å². The lowest BCUT2D eigenvalue weighted by Gasteiger charge is -2.15. The fourth-order valence-electron chi connectivity index (χ4n) is 0.663. The van der Waals surface area contributed by atoms with Crippen molar-refractivity contribution >= 4 is 18.6 Å². The van der Waals surface area contributed by atoms with Gasteiger partial charge in [-0.05, 0) is 12.8 Å². The Hall–Kier alpha value is -0.180. The van der Waals surface area contributed by atoms with E-state index in [-0.39, 0.29) is 11.2 Å². The Morgan fingerprint density at radius 1 is 1.75 bits per heavy atom. The van der Waals surface area contributed by atoms with Gasteiger partial charge in [0, 0.05) is 0 Å². The van der Waals surface area contributed by atoms with Crippen molar-refractivity contribution in [2.75, 3.05) is 6.61 Å². The summed E-state index contributed by atoms with van der Waals surface area (Å²) in [4.78, 5) is 10.5. The van der Waals surface area contributed by atoms with Crippen molar-refractivity contribution in [3.05, 3.63) is 0 Å². The summed E-state index contributed by atoms with van der Waals surface area (Å²) in [7, 11) is 0. The molecule has 1 rings (SSSR count). The standard InChI is InChI=1S/C5H8O2S/c6-5-4(8)2-1-3-7-5/h4,8H,1-3H2. The van der Waals surface area contributed by atoms with Gasteiger partial charge < -0.3 is 4.74 Å². The average Bonchev–Trinajstić information content (AvgIpc) is 1.77. The topological polar surface area (TPSA) is 26.3 Å². The van der Waals surface area contributed by atoms with E-state index >= 15 is 0 Å².